The summed E-state index contributed by atoms with van der Waals surface area (Å²) in [6.45, 7) is 7.88. The summed E-state index contributed by atoms with van der Waals surface area (Å²) >= 11 is 6.04. The molecule has 118 valence electrons. The van der Waals surface area contributed by atoms with Gasteiger partial charge in [0, 0.05) is 25.2 Å². The third-order valence-corrected chi connectivity index (χ3v) is 4.71. The van der Waals surface area contributed by atoms with E-state index in [0.29, 0.717) is 11.8 Å². The highest BCUT2D eigenvalue weighted by molar-refractivity contribution is 6.17. The number of likely N-dealkylation sites (tertiary alicyclic amines) is 1. The second kappa shape index (κ2) is 7.46. The van der Waals surface area contributed by atoms with Crippen LogP contribution in [0.25, 0.3) is 0 Å². The number of pyridine rings is 1. The summed E-state index contributed by atoms with van der Waals surface area (Å²) in [5, 5.41) is 0. The Kier molecular flexibility index (Phi) is 5.88. The fourth-order valence-electron chi connectivity index (χ4n) is 2.89. The van der Waals surface area contributed by atoms with Crippen molar-refractivity contribution in [2.24, 2.45) is 5.92 Å². The van der Waals surface area contributed by atoms with E-state index in [1.807, 2.05) is 0 Å². The van der Waals surface area contributed by atoms with Crippen molar-refractivity contribution in [1.29, 1.82) is 0 Å². The lowest BCUT2D eigenvalue weighted by atomic mass is 9.96. The molecule has 2 heterocycles. The number of piperidine rings is 1. The lowest BCUT2D eigenvalue weighted by molar-refractivity contribution is 0.222. The predicted molar refractivity (Wildman–Crippen MR) is 91.4 cm³/mol. The number of anilines is 1. The van der Waals surface area contributed by atoms with Gasteiger partial charge in [0.05, 0.1) is 0 Å². The number of hydrogen-bond donors (Lipinski definition) is 0. The van der Waals surface area contributed by atoms with Crippen molar-refractivity contribution in [3.63, 3.8) is 0 Å². The van der Waals surface area contributed by atoms with E-state index < -0.39 is 0 Å². The number of rotatable bonds is 5. The van der Waals surface area contributed by atoms with Gasteiger partial charge in [-0.1, -0.05) is 13.8 Å². The maximum absolute atomic E-state index is 6.04. The maximum Gasteiger partial charge on any atom is 0.128 e. The zero-order valence-electron chi connectivity index (χ0n) is 13.8. The maximum atomic E-state index is 6.04. The smallest absolute Gasteiger partial charge is 0.128 e. The molecule has 0 amide bonds. The topological polar surface area (TPSA) is 19.4 Å². The monoisotopic (exact) mass is 309 g/mol. The molecule has 1 fully saturated rings. The first-order valence-electron chi connectivity index (χ1n) is 7.96. The Hall–Kier alpha value is -0.800. The van der Waals surface area contributed by atoms with E-state index in [1.165, 1.54) is 31.5 Å². The van der Waals surface area contributed by atoms with E-state index in [0.717, 1.165) is 24.0 Å². The normalized spacial score (nSPS) is 17.4. The van der Waals surface area contributed by atoms with Crippen LogP contribution in [0.5, 0.6) is 0 Å². The molecule has 0 atom stereocenters. The Morgan fingerprint density at radius 1 is 1.33 bits per heavy atom. The molecule has 0 aromatic carbocycles. The highest BCUT2D eigenvalue weighted by Crippen LogP contribution is 2.23. The molecule has 1 aromatic rings. The van der Waals surface area contributed by atoms with Gasteiger partial charge in [-0.05, 0) is 62.5 Å². The minimum atomic E-state index is 0.434. The van der Waals surface area contributed by atoms with Crippen molar-refractivity contribution in [2.75, 3.05) is 38.6 Å². The zero-order chi connectivity index (χ0) is 15.4. The molecule has 3 nitrogen and oxygen atoms in total. The first kappa shape index (κ1) is 16.6. The Morgan fingerprint density at radius 3 is 2.57 bits per heavy atom. The number of alkyl halides is 1. The highest BCUT2D eigenvalue weighted by Gasteiger charge is 2.19. The van der Waals surface area contributed by atoms with E-state index in [9.17, 15) is 0 Å². The lowest BCUT2D eigenvalue weighted by Gasteiger charge is -2.32. The molecule has 1 saturated heterocycles. The van der Waals surface area contributed by atoms with Gasteiger partial charge >= 0.3 is 0 Å². The Labute approximate surface area is 134 Å². The van der Waals surface area contributed by atoms with Gasteiger partial charge in [0.2, 0.25) is 0 Å². The van der Waals surface area contributed by atoms with Gasteiger partial charge in [0.15, 0.2) is 0 Å². The van der Waals surface area contributed by atoms with Crippen molar-refractivity contribution in [3.8, 4) is 0 Å². The van der Waals surface area contributed by atoms with Crippen LogP contribution in [0, 0.1) is 5.92 Å². The molecule has 1 aromatic heterocycles. The van der Waals surface area contributed by atoms with Crippen molar-refractivity contribution in [1.82, 2.24) is 9.88 Å². The van der Waals surface area contributed by atoms with Crippen LogP contribution in [0.15, 0.2) is 12.1 Å². The Morgan fingerprint density at radius 2 is 2.00 bits per heavy atom. The number of halogens is 1. The second-order valence-electron chi connectivity index (χ2n) is 6.67. The molecule has 1 aliphatic heterocycles. The van der Waals surface area contributed by atoms with E-state index in [4.69, 9.17) is 16.6 Å². The van der Waals surface area contributed by atoms with E-state index in [-0.39, 0.29) is 0 Å². The van der Waals surface area contributed by atoms with Gasteiger partial charge in [-0.2, -0.15) is 0 Å². The van der Waals surface area contributed by atoms with Gasteiger partial charge < -0.3 is 9.80 Å². The van der Waals surface area contributed by atoms with Gasteiger partial charge in [-0.25, -0.2) is 4.98 Å². The first-order chi connectivity index (χ1) is 9.99. The molecule has 0 aliphatic carbocycles. The van der Waals surface area contributed by atoms with Crippen molar-refractivity contribution in [2.45, 2.75) is 38.5 Å². The van der Waals surface area contributed by atoms with Crippen molar-refractivity contribution < 1.29 is 0 Å². The molecule has 0 bridgehead atoms. The second-order valence-corrected chi connectivity index (χ2v) is 6.94. The predicted octanol–water partition coefficient (Wildman–Crippen LogP) is 3.72. The summed E-state index contributed by atoms with van der Waals surface area (Å²) in [6.07, 6.45) is 2.57. The standard InChI is InChI=1S/C17H28ClN3/c1-13(2)16-9-15(11-18)10-17(19-16)21(4)12-14-5-7-20(3)8-6-14/h9-10,13-14H,5-8,11-12H2,1-4H3. The molecular weight excluding hydrogens is 282 g/mol. The fraction of sp³-hybridized carbons (Fsp3) is 0.706. The van der Waals surface area contributed by atoms with Gasteiger partial charge in [0.25, 0.3) is 0 Å². The molecule has 0 saturated carbocycles. The summed E-state index contributed by atoms with van der Waals surface area (Å²) < 4.78 is 0. The summed E-state index contributed by atoms with van der Waals surface area (Å²) in [7, 11) is 4.36. The largest absolute Gasteiger partial charge is 0.359 e. The van der Waals surface area contributed by atoms with Crippen LogP contribution in [0.4, 0.5) is 5.82 Å². The third-order valence-electron chi connectivity index (χ3n) is 4.40. The molecule has 2 rings (SSSR count). The molecule has 0 N–H and O–H groups in total. The Bertz CT molecular complexity index is 453. The molecule has 1 aliphatic rings. The van der Waals surface area contributed by atoms with Gasteiger partial charge in [-0.15, -0.1) is 11.6 Å². The van der Waals surface area contributed by atoms with E-state index >= 15 is 0 Å². The Balaban J connectivity index is 2.07. The average Bonchev–Trinajstić information content (AvgIpc) is 2.49. The molecule has 0 unspecified atom stereocenters. The molecule has 4 heteroatoms. The molecular formula is C17H28ClN3. The highest BCUT2D eigenvalue weighted by atomic mass is 35.5. The molecule has 21 heavy (non-hydrogen) atoms. The zero-order valence-corrected chi connectivity index (χ0v) is 14.5. The van der Waals surface area contributed by atoms with E-state index in [2.05, 4.69) is 49.9 Å². The average molecular weight is 310 g/mol. The molecule has 0 spiro atoms. The van der Waals surface area contributed by atoms with Crippen LogP contribution in [0.1, 0.15) is 43.9 Å². The summed E-state index contributed by atoms with van der Waals surface area (Å²) in [5.41, 5.74) is 2.30. The number of hydrogen-bond acceptors (Lipinski definition) is 3. The van der Waals surface area contributed by atoms with Crippen LogP contribution >= 0.6 is 11.6 Å². The minimum Gasteiger partial charge on any atom is -0.359 e. The SMILES string of the molecule is CC(C)c1cc(CCl)cc(N(C)CC2CCN(C)CC2)n1. The van der Waals surface area contributed by atoms with Crippen LogP contribution in [0.2, 0.25) is 0 Å². The summed E-state index contributed by atoms with van der Waals surface area (Å²) in [4.78, 5) is 9.54. The summed E-state index contributed by atoms with van der Waals surface area (Å²) in [6, 6.07) is 4.26. The van der Waals surface area contributed by atoms with Crippen LogP contribution in [-0.2, 0) is 5.88 Å². The van der Waals surface area contributed by atoms with Gasteiger partial charge in [0.1, 0.15) is 5.82 Å². The third kappa shape index (κ3) is 4.58. The lowest BCUT2D eigenvalue weighted by Crippen LogP contribution is -2.36. The van der Waals surface area contributed by atoms with Crippen LogP contribution in [-0.4, -0.2) is 43.6 Å². The number of nitrogens with zero attached hydrogens (tertiary/aromatic N) is 3. The fourth-order valence-corrected chi connectivity index (χ4v) is 3.04. The van der Waals surface area contributed by atoms with Crippen LogP contribution < -0.4 is 4.90 Å². The quantitative estimate of drug-likeness (QED) is 0.773. The van der Waals surface area contributed by atoms with Gasteiger partial charge in [-0.3, -0.25) is 0 Å². The first-order valence-corrected chi connectivity index (χ1v) is 8.49. The summed E-state index contributed by atoms with van der Waals surface area (Å²) in [5.74, 6) is 2.83. The van der Waals surface area contributed by atoms with Crippen LogP contribution in [0.3, 0.4) is 0 Å². The number of aromatic nitrogens is 1. The molecule has 0 radical (unpaired) electrons. The van der Waals surface area contributed by atoms with Crippen molar-refractivity contribution >= 4 is 17.4 Å². The minimum absolute atomic E-state index is 0.434. The van der Waals surface area contributed by atoms with Crippen molar-refractivity contribution in [3.05, 3.63) is 23.4 Å². The van der Waals surface area contributed by atoms with E-state index in [1.54, 1.807) is 0 Å².